The van der Waals surface area contributed by atoms with E-state index in [4.69, 9.17) is 23.2 Å². The number of aromatic nitrogens is 1. The molecule has 0 saturated carbocycles. The number of hydrogen-bond acceptors (Lipinski definition) is 3. The Labute approximate surface area is 178 Å². The van der Waals surface area contributed by atoms with Crippen LogP contribution in [0.25, 0.3) is 11.3 Å². The van der Waals surface area contributed by atoms with Crippen molar-refractivity contribution < 1.29 is 14.3 Å². The smallest absolute Gasteiger partial charge is 0.207 e. The fourth-order valence-electron chi connectivity index (χ4n) is 3.16. The standard InChI is InChI=1S/C22H19Cl2FN2O2/c1-13(29)16-10-19(17(11-26-12-28)14-6-3-2-4-7-14)27-22(21(16)25)15-8-5-9-18(23)20(15)24/h2-10,12-13,17,29H,11H2,1H3,(H,26,28). The Morgan fingerprint density at radius 3 is 2.55 bits per heavy atom. The predicted molar refractivity (Wildman–Crippen MR) is 113 cm³/mol. The van der Waals surface area contributed by atoms with Gasteiger partial charge in [-0.25, -0.2) is 9.37 Å². The highest BCUT2D eigenvalue weighted by atomic mass is 35.5. The zero-order valence-electron chi connectivity index (χ0n) is 15.6. The summed E-state index contributed by atoms with van der Waals surface area (Å²) in [6, 6.07) is 15.8. The van der Waals surface area contributed by atoms with Gasteiger partial charge in [-0.2, -0.15) is 0 Å². The van der Waals surface area contributed by atoms with Gasteiger partial charge in [-0.05, 0) is 24.6 Å². The Balaban J connectivity index is 2.24. The number of carbonyl (C=O) groups excluding carboxylic acids is 1. The normalized spacial score (nSPS) is 13.0. The average molecular weight is 433 g/mol. The number of aliphatic hydroxyl groups excluding tert-OH is 1. The Hall–Kier alpha value is -2.47. The van der Waals surface area contributed by atoms with Crippen molar-refractivity contribution >= 4 is 29.6 Å². The third-order valence-electron chi connectivity index (χ3n) is 4.63. The van der Waals surface area contributed by atoms with Crippen molar-refractivity contribution in [3.8, 4) is 11.3 Å². The Morgan fingerprint density at radius 1 is 1.17 bits per heavy atom. The number of benzene rings is 2. The molecule has 2 N–H and O–H groups in total. The van der Waals surface area contributed by atoms with Crippen molar-refractivity contribution in [3.05, 3.63) is 87.3 Å². The summed E-state index contributed by atoms with van der Waals surface area (Å²) in [6.07, 6.45) is -0.465. The van der Waals surface area contributed by atoms with Crippen molar-refractivity contribution in [1.82, 2.24) is 10.3 Å². The van der Waals surface area contributed by atoms with Gasteiger partial charge in [0.2, 0.25) is 6.41 Å². The summed E-state index contributed by atoms with van der Waals surface area (Å²) < 4.78 is 15.2. The van der Waals surface area contributed by atoms with Crippen LogP contribution in [0.4, 0.5) is 4.39 Å². The molecule has 1 amide bonds. The molecule has 7 heteroatoms. The molecule has 0 radical (unpaired) electrons. The molecule has 1 heterocycles. The van der Waals surface area contributed by atoms with Gasteiger partial charge in [-0.3, -0.25) is 4.79 Å². The van der Waals surface area contributed by atoms with Crippen molar-refractivity contribution in [1.29, 1.82) is 0 Å². The zero-order chi connectivity index (χ0) is 21.0. The van der Waals surface area contributed by atoms with E-state index in [1.165, 1.54) is 13.0 Å². The fourth-order valence-corrected chi connectivity index (χ4v) is 3.55. The van der Waals surface area contributed by atoms with Gasteiger partial charge < -0.3 is 10.4 Å². The molecule has 2 atom stereocenters. The predicted octanol–water partition coefficient (Wildman–Crippen LogP) is 5.13. The molecule has 3 rings (SSSR count). The number of rotatable bonds is 7. The van der Waals surface area contributed by atoms with Gasteiger partial charge in [0, 0.05) is 23.6 Å². The van der Waals surface area contributed by atoms with E-state index in [9.17, 15) is 9.90 Å². The van der Waals surface area contributed by atoms with Crippen LogP contribution >= 0.6 is 23.2 Å². The fraction of sp³-hybridized carbons (Fsp3) is 0.182. The molecule has 0 aliphatic heterocycles. The topological polar surface area (TPSA) is 62.2 Å². The highest BCUT2D eigenvalue weighted by molar-refractivity contribution is 6.43. The lowest BCUT2D eigenvalue weighted by Crippen LogP contribution is -2.22. The average Bonchev–Trinajstić information content (AvgIpc) is 2.72. The lowest BCUT2D eigenvalue weighted by molar-refractivity contribution is -0.109. The number of amides is 1. The molecule has 0 spiro atoms. The van der Waals surface area contributed by atoms with Crippen LogP contribution < -0.4 is 5.32 Å². The van der Waals surface area contributed by atoms with Crippen molar-refractivity contribution in [2.24, 2.45) is 0 Å². The molecular weight excluding hydrogens is 414 g/mol. The van der Waals surface area contributed by atoms with Gasteiger partial charge in [-0.1, -0.05) is 65.7 Å². The number of pyridine rings is 1. The van der Waals surface area contributed by atoms with Crippen LogP contribution in [0.15, 0.2) is 54.6 Å². The van der Waals surface area contributed by atoms with E-state index in [1.54, 1.807) is 18.2 Å². The van der Waals surface area contributed by atoms with Gasteiger partial charge in [0.05, 0.1) is 21.8 Å². The molecule has 2 unspecified atom stereocenters. The first-order chi connectivity index (χ1) is 13.9. The zero-order valence-corrected chi connectivity index (χ0v) is 17.1. The Kier molecular flexibility index (Phi) is 6.85. The highest BCUT2D eigenvalue weighted by Gasteiger charge is 2.24. The lowest BCUT2D eigenvalue weighted by Gasteiger charge is -2.20. The first-order valence-corrected chi connectivity index (χ1v) is 9.74. The molecule has 2 aromatic carbocycles. The van der Waals surface area contributed by atoms with Crippen LogP contribution in [0.1, 0.15) is 35.8 Å². The number of hydrogen-bond donors (Lipinski definition) is 2. The number of nitrogens with zero attached hydrogens (tertiary/aromatic N) is 1. The number of aliphatic hydroxyl groups is 1. The first kappa shape index (κ1) is 21.2. The third kappa shape index (κ3) is 4.58. The summed E-state index contributed by atoms with van der Waals surface area (Å²) in [5.41, 5.74) is 1.80. The minimum Gasteiger partial charge on any atom is -0.389 e. The second-order valence-electron chi connectivity index (χ2n) is 6.57. The van der Waals surface area contributed by atoms with Gasteiger partial charge in [0.25, 0.3) is 0 Å². The molecule has 1 aromatic heterocycles. The van der Waals surface area contributed by atoms with Gasteiger partial charge >= 0.3 is 0 Å². The largest absolute Gasteiger partial charge is 0.389 e. The number of halogens is 3. The Bertz CT molecular complexity index is 1010. The third-order valence-corrected chi connectivity index (χ3v) is 5.45. The summed E-state index contributed by atoms with van der Waals surface area (Å²) >= 11 is 12.4. The summed E-state index contributed by atoms with van der Waals surface area (Å²) in [7, 11) is 0. The van der Waals surface area contributed by atoms with Crippen LogP contribution in [0.5, 0.6) is 0 Å². The van der Waals surface area contributed by atoms with Crippen molar-refractivity contribution in [2.75, 3.05) is 6.54 Å². The molecule has 0 aliphatic carbocycles. The number of carbonyl (C=O) groups is 1. The molecule has 0 fully saturated rings. The summed E-state index contributed by atoms with van der Waals surface area (Å²) in [5.74, 6) is -1.01. The quantitative estimate of drug-likeness (QED) is 0.508. The monoisotopic (exact) mass is 432 g/mol. The second kappa shape index (κ2) is 9.35. The van der Waals surface area contributed by atoms with Crippen molar-refractivity contribution in [3.63, 3.8) is 0 Å². The lowest BCUT2D eigenvalue weighted by atomic mass is 9.92. The van der Waals surface area contributed by atoms with E-state index < -0.39 is 11.9 Å². The van der Waals surface area contributed by atoms with E-state index in [-0.39, 0.29) is 33.8 Å². The van der Waals surface area contributed by atoms with E-state index in [0.717, 1.165) is 5.56 Å². The van der Waals surface area contributed by atoms with Gasteiger partial charge in [0.15, 0.2) is 5.82 Å². The summed E-state index contributed by atoms with van der Waals surface area (Å²) in [6.45, 7) is 1.74. The molecule has 0 aliphatic rings. The maximum absolute atomic E-state index is 15.2. The van der Waals surface area contributed by atoms with Gasteiger partial charge in [0.1, 0.15) is 5.69 Å². The van der Waals surface area contributed by atoms with E-state index in [0.29, 0.717) is 17.7 Å². The van der Waals surface area contributed by atoms with Gasteiger partial charge in [-0.15, -0.1) is 0 Å². The van der Waals surface area contributed by atoms with E-state index >= 15 is 4.39 Å². The maximum atomic E-state index is 15.2. The molecular formula is C22H19Cl2FN2O2. The molecule has 3 aromatic rings. The second-order valence-corrected chi connectivity index (χ2v) is 7.35. The molecule has 0 bridgehead atoms. The minimum atomic E-state index is -1.07. The van der Waals surface area contributed by atoms with Crippen LogP contribution in [0.3, 0.4) is 0 Å². The van der Waals surface area contributed by atoms with E-state index in [1.807, 2.05) is 30.3 Å². The minimum absolute atomic E-state index is 0.00191. The molecule has 0 saturated heterocycles. The highest BCUT2D eigenvalue weighted by Crippen LogP contribution is 2.37. The molecule has 29 heavy (non-hydrogen) atoms. The first-order valence-electron chi connectivity index (χ1n) is 8.98. The summed E-state index contributed by atoms with van der Waals surface area (Å²) in [5, 5.41) is 13.3. The van der Waals surface area contributed by atoms with Crippen LogP contribution in [0.2, 0.25) is 10.0 Å². The van der Waals surface area contributed by atoms with E-state index in [2.05, 4.69) is 10.3 Å². The van der Waals surface area contributed by atoms with Crippen LogP contribution in [-0.2, 0) is 4.79 Å². The Morgan fingerprint density at radius 2 is 1.90 bits per heavy atom. The van der Waals surface area contributed by atoms with Crippen LogP contribution in [0, 0.1) is 5.82 Å². The van der Waals surface area contributed by atoms with Crippen LogP contribution in [-0.4, -0.2) is 23.0 Å². The maximum Gasteiger partial charge on any atom is 0.207 e. The summed E-state index contributed by atoms with van der Waals surface area (Å²) in [4.78, 5) is 15.4. The number of nitrogens with one attached hydrogen (secondary N) is 1. The van der Waals surface area contributed by atoms with Crippen molar-refractivity contribution in [2.45, 2.75) is 18.9 Å². The molecule has 4 nitrogen and oxygen atoms in total. The SMILES string of the molecule is CC(O)c1cc(C(CNC=O)c2ccccc2)nc(-c2cccc(Cl)c2Cl)c1F. The molecule has 150 valence electrons.